The number of aromatic nitrogens is 2. The molecule has 2 rings (SSSR count). The van der Waals surface area contributed by atoms with E-state index >= 15 is 0 Å². The predicted molar refractivity (Wildman–Crippen MR) is 79.9 cm³/mol. The normalized spacial score (nSPS) is 11.5. The summed E-state index contributed by atoms with van der Waals surface area (Å²) in [5, 5.41) is 9.75. The number of carbonyl (C=O) groups excluding carboxylic acids is 1. The number of aromatic hydroxyl groups is 1. The number of nitrogens with zero attached hydrogens (tertiary/aromatic N) is 3. The standard InChI is InChI=1S/C14H13BrF3N3O2/c1-20(13(23)10-6-9(15)2-3-11(10)22)7-12-19-4-5-21(12)8-14(16,17)18/h2-6,22H,7-8H2,1H3. The molecule has 0 saturated heterocycles. The molecule has 2 aromatic rings. The zero-order valence-corrected chi connectivity index (χ0v) is 13.6. The number of benzene rings is 1. The molecule has 0 atom stereocenters. The van der Waals surface area contributed by atoms with Crippen molar-refractivity contribution in [1.29, 1.82) is 0 Å². The number of alkyl halides is 3. The summed E-state index contributed by atoms with van der Waals surface area (Å²) < 4.78 is 39.0. The van der Waals surface area contributed by atoms with Crippen LogP contribution in [0.5, 0.6) is 5.75 Å². The van der Waals surface area contributed by atoms with Crippen molar-refractivity contribution < 1.29 is 23.1 Å². The molecule has 0 aliphatic rings. The van der Waals surface area contributed by atoms with Gasteiger partial charge >= 0.3 is 6.18 Å². The van der Waals surface area contributed by atoms with E-state index in [1.807, 2.05) is 0 Å². The van der Waals surface area contributed by atoms with Crippen molar-refractivity contribution in [2.24, 2.45) is 0 Å². The maximum atomic E-state index is 12.5. The Kier molecular flexibility index (Phi) is 4.98. The Bertz CT molecular complexity index is 716. The fourth-order valence-electron chi connectivity index (χ4n) is 2.00. The second-order valence-electron chi connectivity index (χ2n) is 4.91. The van der Waals surface area contributed by atoms with Crippen LogP contribution in [-0.2, 0) is 13.1 Å². The van der Waals surface area contributed by atoms with Gasteiger partial charge in [-0.3, -0.25) is 4.79 Å². The Balaban J connectivity index is 2.16. The van der Waals surface area contributed by atoms with Gasteiger partial charge in [-0.25, -0.2) is 4.98 Å². The average molecular weight is 392 g/mol. The zero-order valence-electron chi connectivity index (χ0n) is 12.0. The lowest BCUT2D eigenvalue weighted by Gasteiger charge is -2.19. The van der Waals surface area contributed by atoms with E-state index in [0.29, 0.717) is 4.47 Å². The van der Waals surface area contributed by atoms with Crippen molar-refractivity contribution in [2.45, 2.75) is 19.3 Å². The first kappa shape index (κ1) is 17.3. The van der Waals surface area contributed by atoms with E-state index < -0.39 is 18.6 Å². The van der Waals surface area contributed by atoms with Gasteiger partial charge < -0.3 is 14.6 Å². The molecule has 1 amide bonds. The number of carbonyl (C=O) groups is 1. The van der Waals surface area contributed by atoms with E-state index in [4.69, 9.17) is 0 Å². The second kappa shape index (κ2) is 6.61. The first-order chi connectivity index (χ1) is 10.7. The van der Waals surface area contributed by atoms with Crippen LogP contribution in [0.2, 0.25) is 0 Å². The summed E-state index contributed by atoms with van der Waals surface area (Å²) in [6.07, 6.45) is -1.92. The van der Waals surface area contributed by atoms with Gasteiger partial charge in [0.1, 0.15) is 18.1 Å². The Morgan fingerprint density at radius 1 is 1.43 bits per heavy atom. The molecule has 0 spiro atoms. The minimum Gasteiger partial charge on any atom is -0.507 e. The van der Waals surface area contributed by atoms with Crippen LogP contribution in [0.4, 0.5) is 13.2 Å². The van der Waals surface area contributed by atoms with Gasteiger partial charge in [0, 0.05) is 23.9 Å². The first-order valence-electron chi connectivity index (χ1n) is 6.48. The van der Waals surface area contributed by atoms with E-state index in [1.54, 1.807) is 6.07 Å². The van der Waals surface area contributed by atoms with Gasteiger partial charge in [0.25, 0.3) is 5.91 Å². The number of amides is 1. The van der Waals surface area contributed by atoms with Crippen LogP contribution in [0.15, 0.2) is 35.1 Å². The molecule has 124 valence electrons. The predicted octanol–water partition coefficient (Wildman–Crippen LogP) is 3.19. The van der Waals surface area contributed by atoms with Crippen LogP contribution in [0, 0.1) is 0 Å². The number of phenolic OH excluding ortho intramolecular Hbond substituents is 1. The van der Waals surface area contributed by atoms with Gasteiger partial charge in [0.15, 0.2) is 0 Å². The molecule has 9 heteroatoms. The Hall–Kier alpha value is -2.03. The lowest BCUT2D eigenvalue weighted by molar-refractivity contribution is -0.141. The molecular weight excluding hydrogens is 379 g/mol. The molecule has 0 aliphatic carbocycles. The lowest BCUT2D eigenvalue weighted by Crippen LogP contribution is -2.29. The van der Waals surface area contributed by atoms with Gasteiger partial charge in [-0.15, -0.1) is 0 Å². The molecular formula is C14H13BrF3N3O2. The number of phenols is 1. The summed E-state index contributed by atoms with van der Waals surface area (Å²) >= 11 is 3.20. The summed E-state index contributed by atoms with van der Waals surface area (Å²) in [7, 11) is 1.43. The molecule has 1 aromatic carbocycles. The Labute approximate surface area is 138 Å². The van der Waals surface area contributed by atoms with Crippen molar-refractivity contribution in [3.8, 4) is 5.75 Å². The highest BCUT2D eigenvalue weighted by Crippen LogP contribution is 2.24. The van der Waals surface area contributed by atoms with Crippen LogP contribution in [0.1, 0.15) is 16.2 Å². The fraction of sp³-hybridized carbons (Fsp3) is 0.286. The number of halogens is 4. The van der Waals surface area contributed by atoms with Crippen LogP contribution in [0.25, 0.3) is 0 Å². The Morgan fingerprint density at radius 2 is 2.13 bits per heavy atom. The van der Waals surface area contributed by atoms with Crippen molar-refractivity contribution in [3.63, 3.8) is 0 Å². The molecule has 1 N–H and O–H groups in total. The minimum atomic E-state index is -4.37. The van der Waals surface area contributed by atoms with E-state index in [-0.39, 0.29) is 23.7 Å². The first-order valence-corrected chi connectivity index (χ1v) is 7.27. The quantitative estimate of drug-likeness (QED) is 0.870. The van der Waals surface area contributed by atoms with Crippen LogP contribution < -0.4 is 0 Å². The number of imidazole rings is 1. The largest absolute Gasteiger partial charge is 0.507 e. The highest BCUT2D eigenvalue weighted by Gasteiger charge is 2.29. The van der Waals surface area contributed by atoms with Crippen molar-refractivity contribution in [2.75, 3.05) is 7.05 Å². The summed E-state index contributed by atoms with van der Waals surface area (Å²) in [6.45, 7) is -1.29. The summed E-state index contributed by atoms with van der Waals surface area (Å²) in [6, 6.07) is 4.37. The minimum absolute atomic E-state index is 0.0517. The van der Waals surface area contributed by atoms with Crippen molar-refractivity contribution in [1.82, 2.24) is 14.5 Å². The van der Waals surface area contributed by atoms with Gasteiger partial charge in [0.2, 0.25) is 0 Å². The average Bonchev–Trinajstić information content (AvgIpc) is 2.85. The molecule has 0 radical (unpaired) electrons. The molecule has 5 nitrogen and oxygen atoms in total. The third kappa shape index (κ3) is 4.47. The molecule has 0 fully saturated rings. The number of hydrogen-bond donors (Lipinski definition) is 1. The maximum Gasteiger partial charge on any atom is 0.406 e. The molecule has 0 unspecified atom stereocenters. The van der Waals surface area contributed by atoms with Gasteiger partial charge in [-0.05, 0) is 18.2 Å². The van der Waals surface area contributed by atoms with Crippen molar-refractivity contribution in [3.05, 3.63) is 46.5 Å². The summed E-state index contributed by atoms with van der Waals surface area (Å²) in [5.74, 6) is -0.623. The maximum absolute atomic E-state index is 12.5. The summed E-state index contributed by atoms with van der Waals surface area (Å²) in [4.78, 5) is 17.4. The highest BCUT2D eigenvalue weighted by molar-refractivity contribution is 9.10. The van der Waals surface area contributed by atoms with Crippen LogP contribution in [-0.4, -0.2) is 38.7 Å². The molecule has 0 saturated carbocycles. The van der Waals surface area contributed by atoms with E-state index in [1.165, 1.54) is 36.5 Å². The van der Waals surface area contributed by atoms with E-state index in [2.05, 4.69) is 20.9 Å². The smallest absolute Gasteiger partial charge is 0.406 e. The molecule has 0 aliphatic heterocycles. The number of rotatable bonds is 4. The third-order valence-electron chi connectivity index (χ3n) is 3.07. The Morgan fingerprint density at radius 3 is 2.78 bits per heavy atom. The summed E-state index contributed by atoms with van der Waals surface area (Å²) in [5.41, 5.74) is 0.0517. The van der Waals surface area contributed by atoms with Crippen LogP contribution >= 0.6 is 15.9 Å². The second-order valence-corrected chi connectivity index (χ2v) is 5.82. The molecule has 1 heterocycles. The molecule has 0 bridgehead atoms. The molecule has 23 heavy (non-hydrogen) atoms. The van der Waals surface area contributed by atoms with E-state index in [0.717, 1.165) is 4.57 Å². The van der Waals surface area contributed by atoms with Crippen molar-refractivity contribution >= 4 is 21.8 Å². The topological polar surface area (TPSA) is 58.4 Å². The zero-order chi connectivity index (χ0) is 17.2. The van der Waals surface area contributed by atoms with Crippen LogP contribution in [0.3, 0.4) is 0 Å². The monoisotopic (exact) mass is 391 g/mol. The highest BCUT2D eigenvalue weighted by atomic mass is 79.9. The van der Waals surface area contributed by atoms with E-state index in [9.17, 15) is 23.1 Å². The van der Waals surface area contributed by atoms with Gasteiger partial charge in [-0.1, -0.05) is 15.9 Å². The van der Waals surface area contributed by atoms with Gasteiger partial charge in [0.05, 0.1) is 12.1 Å². The third-order valence-corrected chi connectivity index (χ3v) is 3.56. The lowest BCUT2D eigenvalue weighted by atomic mass is 10.2. The SMILES string of the molecule is CN(Cc1nccn1CC(F)(F)F)C(=O)c1cc(Br)ccc1O. The number of hydrogen-bond acceptors (Lipinski definition) is 3. The molecule has 1 aromatic heterocycles. The van der Waals surface area contributed by atoms with Gasteiger partial charge in [-0.2, -0.15) is 13.2 Å². The fourth-order valence-corrected chi connectivity index (χ4v) is 2.36.